The van der Waals surface area contributed by atoms with E-state index in [1.54, 1.807) is 18.4 Å². The first kappa shape index (κ1) is 15.8. The number of benzene rings is 1. The van der Waals surface area contributed by atoms with Crippen molar-refractivity contribution in [1.82, 2.24) is 15.2 Å². The van der Waals surface area contributed by atoms with Crippen molar-refractivity contribution in [2.75, 3.05) is 13.7 Å². The Morgan fingerprint density at radius 2 is 2.35 bits per heavy atom. The maximum Gasteiger partial charge on any atom is 0.318 e. The van der Waals surface area contributed by atoms with E-state index in [1.165, 1.54) is 10.4 Å². The van der Waals surface area contributed by atoms with Crippen LogP contribution >= 0.6 is 11.3 Å². The number of carbonyl (C=O) groups is 1. The Kier molecular flexibility index (Phi) is 4.81. The Bertz CT molecular complexity index is 699. The van der Waals surface area contributed by atoms with Crippen molar-refractivity contribution in [3.63, 3.8) is 0 Å². The molecule has 6 heteroatoms. The highest BCUT2D eigenvalue weighted by atomic mass is 32.1. The van der Waals surface area contributed by atoms with Gasteiger partial charge < -0.3 is 15.0 Å². The maximum absolute atomic E-state index is 12.4. The lowest BCUT2D eigenvalue weighted by Gasteiger charge is -2.29. The summed E-state index contributed by atoms with van der Waals surface area (Å²) in [4.78, 5) is 19.8. The molecule has 0 unspecified atom stereocenters. The van der Waals surface area contributed by atoms with Gasteiger partial charge in [-0.15, -0.1) is 11.3 Å². The zero-order valence-electron chi connectivity index (χ0n) is 13.5. The molecular formula is C17H21N3O2S. The van der Waals surface area contributed by atoms with E-state index in [0.29, 0.717) is 19.6 Å². The normalized spacial score (nSPS) is 13.6. The summed E-state index contributed by atoms with van der Waals surface area (Å²) in [5.41, 5.74) is 2.37. The van der Waals surface area contributed by atoms with Crippen molar-refractivity contribution >= 4 is 17.4 Å². The Balaban J connectivity index is 1.60. The van der Waals surface area contributed by atoms with Crippen molar-refractivity contribution < 1.29 is 9.53 Å². The minimum absolute atomic E-state index is 0.0354. The second-order valence-corrected chi connectivity index (χ2v) is 6.70. The molecule has 0 fully saturated rings. The van der Waals surface area contributed by atoms with E-state index in [9.17, 15) is 4.79 Å². The number of rotatable bonds is 4. The predicted octanol–water partition coefficient (Wildman–Crippen LogP) is 2.98. The number of hydrogen-bond donors (Lipinski definition) is 1. The number of nitrogens with one attached hydrogen (secondary N) is 1. The fourth-order valence-electron chi connectivity index (χ4n) is 2.80. The molecule has 5 nitrogen and oxygen atoms in total. The number of nitrogens with zero attached hydrogens (tertiary/aromatic N) is 2. The molecule has 1 aliphatic rings. The Morgan fingerprint density at radius 1 is 1.48 bits per heavy atom. The third-order valence-corrected chi connectivity index (χ3v) is 5.21. The molecule has 0 spiro atoms. The van der Waals surface area contributed by atoms with Crippen molar-refractivity contribution in [1.29, 1.82) is 0 Å². The van der Waals surface area contributed by atoms with Crippen molar-refractivity contribution in [2.45, 2.75) is 32.9 Å². The van der Waals surface area contributed by atoms with Crippen LogP contribution in [0.2, 0.25) is 0 Å². The van der Waals surface area contributed by atoms with Gasteiger partial charge in [-0.2, -0.15) is 0 Å². The number of aromatic nitrogens is 1. The molecule has 0 aliphatic carbocycles. The van der Waals surface area contributed by atoms with Gasteiger partial charge in [0.1, 0.15) is 10.8 Å². The van der Waals surface area contributed by atoms with Gasteiger partial charge >= 0.3 is 6.03 Å². The van der Waals surface area contributed by atoms with Crippen LogP contribution in [0.3, 0.4) is 0 Å². The third kappa shape index (κ3) is 3.47. The van der Waals surface area contributed by atoms with Crippen LogP contribution < -0.4 is 10.1 Å². The monoisotopic (exact) mass is 331 g/mol. The zero-order chi connectivity index (χ0) is 16.2. The summed E-state index contributed by atoms with van der Waals surface area (Å²) in [6.07, 6.45) is 3.69. The van der Waals surface area contributed by atoms with Crippen molar-refractivity contribution in [2.24, 2.45) is 0 Å². The lowest BCUT2D eigenvalue weighted by atomic mass is 9.99. The number of aryl methyl sites for hydroxylation is 1. The van der Waals surface area contributed by atoms with Crippen LogP contribution in [-0.4, -0.2) is 29.6 Å². The smallest absolute Gasteiger partial charge is 0.318 e. The molecule has 0 bridgehead atoms. The maximum atomic E-state index is 12.4. The van der Waals surface area contributed by atoms with Gasteiger partial charge in [0.15, 0.2) is 0 Å². The summed E-state index contributed by atoms with van der Waals surface area (Å²) < 4.78 is 5.40. The molecule has 3 rings (SSSR count). The molecule has 2 heterocycles. The number of carbonyl (C=O) groups excluding carboxylic acids is 1. The molecule has 1 aliphatic heterocycles. The number of ether oxygens (including phenoxy) is 1. The highest BCUT2D eigenvalue weighted by Gasteiger charge is 2.22. The number of methoxy groups -OCH3 is 1. The summed E-state index contributed by atoms with van der Waals surface area (Å²) in [6.45, 7) is 3.92. The van der Waals surface area contributed by atoms with Crippen LogP contribution in [0.4, 0.5) is 4.79 Å². The number of urea groups is 1. The molecule has 1 aromatic carbocycles. The number of hydrogen-bond acceptors (Lipinski definition) is 4. The molecule has 0 saturated carbocycles. The standard InChI is InChI=1S/C17H21N3O2S/c1-3-13-9-18-16(23-13)10-19-17(21)20-8-7-14-12(11-20)5-4-6-15(14)22-2/h4-6,9H,3,7-8,10-11H2,1-2H3,(H,19,21). The minimum Gasteiger partial charge on any atom is -0.496 e. The molecule has 0 atom stereocenters. The quantitative estimate of drug-likeness (QED) is 0.937. The Labute approximate surface area is 140 Å². The second kappa shape index (κ2) is 7.00. The molecule has 122 valence electrons. The van der Waals surface area contributed by atoms with Gasteiger partial charge in [-0.3, -0.25) is 0 Å². The van der Waals surface area contributed by atoms with E-state index in [-0.39, 0.29) is 6.03 Å². The summed E-state index contributed by atoms with van der Waals surface area (Å²) in [7, 11) is 1.69. The van der Waals surface area contributed by atoms with Gasteiger partial charge in [0, 0.05) is 29.7 Å². The first-order chi connectivity index (χ1) is 11.2. The first-order valence-corrected chi connectivity index (χ1v) is 8.64. The first-order valence-electron chi connectivity index (χ1n) is 7.82. The number of amides is 2. The fraction of sp³-hybridized carbons (Fsp3) is 0.412. The molecule has 0 saturated heterocycles. The van der Waals surface area contributed by atoms with Gasteiger partial charge in [-0.1, -0.05) is 19.1 Å². The molecule has 1 N–H and O–H groups in total. The topological polar surface area (TPSA) is 54.5 Å². The van der Waals surface area contributed by atoms with E-state index in [1.807, 2.05) is 23.2 Å². The van der Waals surface area contributed by atoms with Gasteiger partial charge in [0.25, 0.3) is 0 Å². The molecule has 2 aromatic rings. The summed E-state index contributed by atoms with van der Waals surface area (Å²) in [5, 5.41) is 3.92. The zero-order valence-corrected chi connectivity index (χ0v) is 14.3. The lowest BCUT2D eigenvalue weighted by Crippen LogP contribution is -2.42. The molecule has 1 aromatic heterocycles. The average molecular weight is 331 g/mol. The lowest BCUT2D eigenvalue weighted by molar-refractivity contribution is 0.191. The van der Waals surface area contributed by atoms with Crippen molar-refractivity contribution in [3.05, 3.63) is 45.4 Å². The van der Waals surface area contributed by atoms with Crippen LogP contribution in [0.5, 0.6) is 5.75 Å². The summed E-state index contributed by atoms with van der Waals surface area (Å²) in [5.74, 6) is 0.914. The van der Waals surface area contributed by atoms with Gasteiger partial charge in [-0.25, -0.2) is 9.78 Å². The SMILES string of the molecule is CCc1cnc(CNC(=O)N2CCc3c(cccc3OC)C2)s1. The Hall–Kier alpha value is -2.08. The van der Waals surface area contributed by atoms with E-state index < -0.39 is 0 Å². The van der Waals surface area contributed by atoms with Crippen LogP contribution in [0.25, 0.3) is 0 Å². The van der Waals surface area contributed by atoms with Crippen molar-refractivity contribution in [3.8, 4) is 5.75 Å². The largest absolute Gasteiger partial charge is 0.496 e. The molecule has 23 heavy (non-hydrogen) atoms. The van der Waals surface area contributed by atoms with E-state index >= 15 is 0 Å². The molecule has 2 amide bonds. The van der Waals surface area contributed by atoms with Crippen LogP contribution in [0, 0.1) is 0 Å². The van der Waals surface area contributed by atoms with E-state index in [0.717, 1.165) is 29.2 Å². The second-order valence-electron chi connectivity index (χ2n) is 5.50. The number of fused-ring (bicyclic) bond motifs is 1. The van der Waals surface area contributed by atoms with Crippen LogP contribution in [0.15, 0.2) is 24.4 Å². The average Bonchev–Trinajstić information content (AvgIpc) is 3.06. The van der Waals surface area contributed by atoms with Crippen LogP contribution in [-0.2, 0) is 25.9 Å². The molecule has 0 radical (unpaired) electrons. The van der Waals surface area contributed by atoms with E-state index in [4.69, 9.17) is 4.74 Å². The van der Waals surface area contributed by atoms with Crippen LogP contribution in [0.1, 0.15) is 27.9 Å². The summed E-state index contributed by atoms with van der Waals surface area (Å²) in [6, 6.07) is 5.97. The predicted molar refractivity (Wildman–Crippen MR) is 90.8 cm³/mol. The third-order valence-electron chi connectivity index (χ3n) is 4.07. The van der Waals surface area contributed by atoms with E-state index in [2.05, 4.69) is 23.3 Å². The Morgan fingerprint density at radius 3 is 3.09 bits per heavy atom. The highest BCUT2D eigenvalue weighted by Crippen LogP contribution is 2.27. The molecular weight excluding hydrogens is 310 g/mol. The fourth-order valence-corrected chi connectivity index (χ4v) is 3.60. The number of thiazole rings is 1. The summed E-state index contributed by atoms with van der Waals surface area (Å²) >= 11 is 1.65. The van der Waals surface area contributed by atoms with Gasteiger partial charge in [-0.05, 0) is 24.5 Å². The van der Waals surface area contributed by atoms with Gasteiger partial charge in [0.2, 0.25) is 0 Å². The minimum atomic E-state index is -0.0354. The van der Waals surface area contributed by atoms with Gasteiger partial charge in [0.05, 0.1) is 13.7 Å². The highest BCUT2D eigenvalue weighted by molar-refractivity contribution is 7.11.